The Kier molecular flexibility index (Phi) is 2.49. The van der Waals surface area contributed by atoms with Crippen molar-refractivity contribution in [2.24, 2.45) is 0 Å². The highest BCUT2D eigenvalue weighted by atomic mass is 16.5. The SMILES string of the molecule is [2H]n1nc(C)c(C2CC(C)OC(C)C2)c1C. The quantitative estimate of drug-likeness (QED) is 0.772. The third-order valence-electron chi connectivity index (χ3n) is 3.24. The first kappa shape index (κ1) is 9.40. The summed E-state index contributed by atoms with van der Waals surface area (Å²) < 4.78 is 13.4. The normalized spacial score (nSPS) is 32.8. The number of aromatic amines is 1. The van der Waals surface area contributed by atoms with Gasteiger partial charge in [0, 0.05) is 5.69 Å². The first-order valence-electron chi connectivity index (χ1n) is 6.14. The Morgan fingerprint density at radius 3 is 2.40 bits per heavy atom. The number of rotatable bonds is 1. The van der Waals surface area contributed by atoms with E-state index < -0.39 is 0 Å². The highest BCUT2D eigenvalue weighted by Crippen LogP contribution is 2.35. The van der Waals surface area contributed by atoms with Crippen molar-refractivity contribution in [1.82, 2.24) is 10.2 Å². The molecular weight excluding hydrogens is 188 g/mol. The molecule has 1 saturated heterocycles. The lowest BCUT2D eigenvalue weighted by Gasteiger charge is -2.32. The van der Waals surface area contributed by atoms with E-state index in [1.165, 1.54) is 10.7 Å². The third-order valence-corrected chi connectivity index (χ3v) is 3.24. The maximum atomic E-state index is 7.67. The van der Waals surface area contributed by atoms with Crippen LogP contribution in [0.5, 0.6) is 0 Å². The van der Waals surface area contributed by atoms with Crippen LogP contribution in [0, 0.1) is 13.8 Å². The van der Waals surface area contributed by atoms with Gasteiger partial charge in [-0.3, -0.25) is 5.09 Å². The van der Waals surface area contributed by atoms with Crippen molar-refractivity contribution >= 4 is 0 Å². The van der Waals surface area contributed by atoms with Gasteiger partial charge in [0.2, 0.25) is 0 Å². The van der Waals surface area contributed by atoms with Crippen molar-refractivity contribution in [3.8, 4) is 0 Å². The van der Waals surface area contributed by atoms with Crippen LogP contribution in [0.2, 0.25) is 1.41 Å². The minimum Gasteiger partial charge on any atom is -0.376 e. The van der Waals surface area contributed by atoms with E-state index in [2.05, 4.69) is 18.9 Å². The van der Waals surface area contributed by atoms with Crippen molar-refractivity contribution in [2.45, 2.75) is 58.7 Å². The lowest BCUT2D eigenvalue weighted by molar-refractivity contribution is -0.0381. The van der Waals surface area contributed by atoms with Gasteiger partial charge in [-0.15, -0.1) is 0 Å². The molecule has 1 aromatic rings. The van der Waals surface area contributed by atoms with E-state index in [1.807, 2.05) is 13.8 Å². The fraction of sp³-hybridized carbons (Fsp3) is 0.750. The van der Waals surface area contributed by atoms with Crippen molar-refractivity contribution in [3.63, 3.8) is 0 Å². The van der Waals surface area contributed by atoms with Gasteiger partial charge in [0.05, 0.1) is 17.9 Å². The van der Waals surface area contributed by atoms with Gasteiger partial charge < -0.3 is 4.74 Å². The molecule has 15 heavy (non-hydrogen) atoms. The highest BCUT2D eigenvalue weighted by Gasteiger charge is 2.28. The predicted octanol–water partition coefficient (Wildman–Crippen LogP) is 2.70. The zero-order chi connectivity index (χ0) is 11.9. The maximum absolute atomic E-state index is 7.67. The van der Waals surface area contributed by atoms with Crippen molar-refractivity contribution in [2.75, 3.05) is 0 Å². The average molecular weight is 209 g/mol. The van der Waals surface area contributed by atoms with Gasteiger partial charge >= 0.3 is 0 Å². The molecule has 2 atom stereocenters. The van der Waals surface area contributed by atoms with Gasteiger partial charge in [0.25, 0.3) is 0 Å². The maximum Gasteiger partial charge on any atom is 0.190 e. The molecule has 0 radical (unpaired) electrons. The summed E-state index contributed by atoms with van der Waals surface area (Å²) in [4.78, 5) is 0. The molecule has 0 aromatic carbocycles. The number of nitrogens with one attached hydrogen (secondary N) is 1. The second-order valence-electron chi connectivity index (χ2n) is 4.71. The molecule has 1 aromatic heterocycles. The van der Waals surface area contributed by atoms with E-state index in [-0.39, 0.29) is 0 Å². The third kappa shape index (κ3) is 2.07. The number of aryl methyl sites for hydroxylation is 1. The zero-order valence-electron chi connectivity index (χ0n) is 10.9. The van der Waals surface area contributed by atoms with E-state index in [0.717, 1.165) is 24.2 Å². The van der Waals surface area contributed by atoms with Gasteiger partial charge in [-0.1, -0.05) is 0 Å². The van der Waals surface area contributed by atoms with Gasteiger partial charge in [0.15, 0.2) is 1.41 Å². The van der Waals surface area contributed by atoms with Crippen LogP contribution >= 0.6 is 0 Å². The second-order valence-corrected chi connectivity index (χ2v) is 4.71. The summed E-state index contributed by atoms with van der Waals surface area (Å²) in [6.07, 6.45) is 2.69. The van der Waals surface area contributed by atoms with Crippen LogP contribution in [0.15, 0.2) is 0 Å². The lowest BCUT2D eigenvalue weighted by Crippen LogP contribution is -2.28. The molecule has 2 unspecified atom stereocenters. The predicted molar refractivity (Wildman–Crippen MR) is 60.0 cm³/mol. The molecule has 0 bridgehead atoms. The second kappa shape index (κ2) is 3.97. The summed E-state index contributed by atoms with van der Waals surface area (Å²) in [5, 5.41) is 5.42. The molecule has 0 spiro atoms. The number of hydrogen-bond donors (Lipinski definition) is 1. The molecule has 3 nitrogen and oxygen atoms in total. The van der Waals surface area contributed by atoms with E-state index >= 15 is 0 Å². The number of H-pyrrole nitrogens is 1. The average Bonchev–Trinajstić information content (AvgIpc) is 2.39. The molecule has 1 N–H and O–H groups in total. The summed E-state index contributed by atoms with van der Waals surface area (Å²) in [5.74, 6) is 0.498. The smallest absolute Gasteiger partial charge is 0.190 e. The molecule has 0 aliphatic carbocycles. The number of ether oxygens (including phenoxy) is 1. The van der Waals surface area contributed by atoms with Crippen LogP contribution in [-0.4, -0.2) is 22.4 Å². The molecule has 1 aliphatic rings. The molecule has 3 heteroatoms. The van der Waals surface area contributed by atoms with Crippen LogP contribution in [-0.2, 0) is 4.74 Å². The van der Waals surface area contributed by atoms with E-state index in [4.69, 9.17) is 6.15 Å². The first-order valence-corrected chi connectivity index (χ1v) is 5.69. The van der Waals surface area contributed by atoms with Gasteiger partial charge in [-0.2, -0.15) is 5.10 Å². The topological polar surface area (TPSA) is 37.9 Å². The molecule has 84 valence electrons. The molecule has 2 heterocycles. The van der Waals surface area contributed by atoms with Crippen molar-refractivity contribution < 1.29 is 6.15 Å². The van der Waals surface area contributed by atoms with Crippen LogP contribution in [0.4, 0.5) is 0 Å². The number of nitrogens with zero attached hydrogens (tertiary/aromatic N) is 1. The van der Waals surface area contributed by atoms with Crippen LogP contribution in [0.3, 0.4) is 0 Å². The minimum absolute atomic E-state index is 0.307. The lowest BCUT2D eigenvalue weighted by atomic mass is 9.85. The number of hydrogen-bond acceptors (Lipinski definition) is 2. The van der Waals surface area contributed by atoms with E-state index in [1.54, 1.807) is 0 Å². The Bertz CT molecular complexity index is 379. The van der Waals surface area contributed by atoms with Gasteiger partial charge in [0.1, 0.15) is 0 Å². The molecule has 1 aliphatic heterocycles. The molecule has 1 fully saturated rings. The van der Waals surface area contributed by atoms with Crippen molar-refractivity contribution in [3.05, 3.63) is 17.0 Å². The largest absolute Gasteiger partial charge is 0.376 e. The van der Waals surface area contributed by atoms with Crippen molar-refractivity contribution in [1.29, 1.82) is 0 Å². The fourth-order valence-electron chi connectivity index (χ4n) is 2.75. The standard InChI is InChI=1S/C12H20N2O/c1-7-5-11(6-8(2)15-7)12-9(3)13-14-10(12)4/h7-8,11H,5-6H2,1-4H3,(H,13,14)/i/hD. The summed E-state index contributed by atoms with van der Waals surface area (Å²) in [6.45, 7) is 8.22. The summed E-state index contributed by atoms with van der Waals surface area (Å²) in [7, 11) is 0. The van der Waals surface area contributed by atoms with E-state index in [0.29, 0.717) is 18.1 Å². The monoisotopic (exact) mass is 209 g/mol. The Balaban J connectivity index is 2.29. The molecule has 0 saturated carbocycles. The summed E-state index contributed by atoms with van der Waals surface area (Å²) in [5.41, 5.74) is 3.24. The van der Waals surface area contributed by atoms with Crippen LogP contribution in [0.25, 0.3) is 0 Å². The van der Waals surface area contributed by atoms with Gasteiger partial charge in [-0.25, -0.2) is 0 Å². The van der Waals surface area contributed by atoms with Crippen LogP contribution < -0.4 is 0 Å². The molecular formula is C12H20N2O. The Hall–Kier alpha value is -0.830. The summed E-state index contributed by atoms with van der Waals surface area (Å²) >= 11 is 0. The Morgan fingerprint density at radius 1 is 1.33 bits per heavy atom. The Morgan fingerprint density at radius 2 is 1.93 bits per heavy atom. The first-order chi connectivity index (χ1) is 7.49. The fourth-order valence-corrected chi connectivity index (χ4v) is 2.75. The number of aromatic nitrogens is 2. The van der Waals surface area contributed by atoms with Gasteiger partial charge in [-0.05, 0) is 52.0 Å². The Labute approximate surface area is 92.7 Å². The molecule has 2 rings (SSSR count). The summed E-state index contributed by atoms with van der Waals surface area (Å²) in [6, 6.07) is 0. The van der Waals surface area contributed by atoms with Crippen LogP contribution in [0.1, 0.15) is 49.6 Å². The highest BCUT2D eigenvalue weighted by molar-refractivity contribution is 5.28. The molecule has 0 amide bonds. The minimum atomic E-state index is 0.307. The zero-order valence-corrected chi connectivity index (χ0v) is 9.95. The van der Waals surface area contributed by atoms with E-state index in [9.17, 15) is 0 Å².